The topological polar surface area (TPSA) is 87.6 Å². The van der Waals surface area contributed by atoms with Crippen LogP contribution in [0.1, 0.15) is 20.8 Å². The summed E-state index contributed by atoms with van der Waals surface area (Å²) in [6, 6.07) is -0.268. The first-order valence-electron chi connectivity index (χ1n) is 6.47. The minimum Gasteiger partial charge on any atom is -0.335 e. The number of hydrogen-bond acceptors (Lipinski definition) is 3. The van der Waals surface area contributed by atoms with Crippen LogP contribution in [0.25, 0.3) is 0 Å². The van der Waals surface area contributed by atoms with E-state index < -0.39 is 0 Å². The molecule has 108 valence electrons. The summed E-state index contributed by atoms with van der Waals surface area (Å²) in [6.45, 7) is 6.94. The zero-order valence-corrected chi connectivity index (χ0v) is 11.9. The maximum atomic E-state index is 12.0. The van der Waals surface area contributed by atoms with Crippen LogP contribution in [0.15, 0.2) is 31.1 Å². The molecule has 1 unspecified atom stereocenters. The van der Waals surface area contributed by atoms with Gasteiger partial charge < -0.3 is 15.2 Å². The summed E-state index contributed by atoms with van der Waals surface area (Å²) in [6.07, 6.45) is 8.54. The summed E-state index contributed by atoms with van der Waals surface area (Å²) in [5.41, 5.74) is 0.565. The molecule has 0 aromatic carbocycles. The smallest absolute Gasteiger partial charge is 0.319 e. The predicted molar refractivity (Wildman–Crippen MR) is 76.2 cm³/mol. The molecule has 7 heteroatoms. The number of imidazole rings is 1. The van der Waals surface area contributed by atoms with Crippen LogP contribution >= 0.6 is 0 Å². The average Bonchev–Trinajstić information content (AvgIpc) is 2.99. The molecule has 0 aliphatic rings. The lowest BCUT2D eigenvalue weighted by atomic mass is 9.86. The van der Waals surface area contributed by atoms with E-state index in [0.717, 1.165) is 0 Å². The van der Waals surface area contributed by atoms with Crippen LogP contribution < -0.4 is 10.6 Å². The number of nitrogens with zero attached hydrogens (tertiary/aromatic N) is 3. The Kier molecular flexibility index (Phi) is 4.07. The summed E-state index contributed by atoms with van der Waals surface area (Å²) in [4.78, 5) is 16.0. The highest BCUT2D eigenvalue weighted by atomic mass is 16.2. The van der Waals surface area contributed by atoms with E-state index in [4.69, 9.17) is 0 Å². The molecule has 1 atom stereocenters. The third-order valence-corrected chi connectivity index (χ3v) is 3.06. The van der Waals surface area contributed by atoms with Crippen LogP contribution in [0.3, 0.4) is 0 Å². The second-order valence-electron chi connectivity index (χ2n) is 5.76. The number of hydrogen-bond donors (Lipinski definition) is 3. The first-order valence-corrected chi connectivity index (χ1v) is 6.47. The van der Waals surface area contributed by atoms with Gasteiger partial charge in [-0.3, -0.25) is 5.10 Å². The Morgan fingerprint density at radius 1 is 1.50 bits per heavy atom. The molecule has 20 heavy (non-hydrogen) atoms. The number of aromatic nitrogens is 4. The molecule has 0 bridgehead atoms. The van der Waals surface area contributed by atoms with Gasteiger partial charge in [0.25, 0.3) is 0 Å². The Morgan fingerprint density at radius 2 is 2.30 bits per heavy atom. The molecule has 0 aliphatic carbocycles. The molecule has 0 saturated heterocycles. The van der Waals surface area contributed by atoms with Crippen molar-refractivity contribution in [1.29, 1.82) is 0 Å². The summed E-state index contributed by atoms with van der Waals surface area (Å²) in [7, 11) is 0. The number of amides is 2. The molecule has 0 spiro atoms. The molecule has 0 aliphatic heterocycles. The molecule has 3 N–H and O–H groups in total. The minimum atomic E-state index is -0.244. The van der Waals surface area contributed by atoms with Crippen LogP contribution in [0.4, 0.5) is 10.5 Å². The maximum Gasteiger partial charge on any atom is 0.319 e. The number of anilines is 1. The van der Waals surface area contributed by atoms with Crippen LogP contribution in [0.2, 0.25) is 0 Å². The van der Waals surface area contributed by atoms with Crippen LogP contribution in [-0.4, -0.2) is 31.8 Å². The molecule has 0 radical (unpaired) electrons. The Morgan fingerprint density at radius 3 is 2.85 bits per heavy atom. The highest BCUT2D eigenvalue weighted by Gasteiger charge is 2.26. The average molecular weight is 276 g/mol. The zero-order valence-electron chi connectivity index (χ0n) is 11.9. The van der Waals surface area contributed by atoms with Gasteiger partial charge in [-0.05, 0) is 5.41 Å². The first-order chi connectivity index (χ1) is 9.45. The largest absolute Gasteiger partial charge is 0.335 e. The number of H-pyrrole nitrogens is 1. The van der Waals surface area contributed by atoms with E-state index in [2.05, 4.69) is 46.6 Å². The standard InChI is InChI=1S/C13H20N6O/c1-13(2,3)11(8-19-5-4-14-9-19)18-12(20)17-10-6-15-16-7-10/h4-7,9,11H,8H2,1-3H3,(H,15,16)(H2,17,18,20). The number of carbonyl (C=O) groups is 1. The Bertz CT molecular complexity index is 526. The lowest BCUT2D eigenvalue weighted by molar-refractivity contribution is 0.219. The van der Waals surface area contributed by atoms with Crippen molar-refractivity contribution in [2.45, 2.75) is 33.4 Å². The molecule has 0 saturated carbocycles. The van der Waals surface area contributed by atoms with Crippen molar-refractivity contribution in [1.82, 2.24) is 25.1 Å². The van der Waals surface area contributed by atoms with Crippen molar-refractivity contribution in [2.24, 2.45) is 5.41 Å². The van der Waals surface area contributed by atoms with Gasteiger partial charge in [-0.2, -0.15) is 5.10 Å². The fourth-order valence-electron chi connectivity index (χ4n) is 1.79. The lowest BCUT2D eigenvalue weighted by Crippen LogP contribution is -2.47. The van der Waals surface area contributed by atoms with Crippen LogP contribution in [0, 0.1) is 5.41 Å². The van der Waals surface area contributed by atoms with Gasteiger partial charge in [-0.15, -0.1) is 0 Å². The predicted octanol–water partition coefficient (Wildman–Crippen LogP) is 1.84. The molecule has 2 aromatic heterocycles. The van der Waals surface area contributed by atoms with Gasteiger partial charge in [-0.25, -0.2) is 9.78 Å². The number of nitrogens with one attached hydrogen (secondary N) is 3. The van der Waals surface area contributed by atoms with Crippen molar-refractivity contribution in [3.05, 3.63) is 31.1 Å². The minimum absolute atomic E-state index is 0.0244. The van der Waals surface area contributed by atoms with E-state index in [1.807, 2.05) is 10.8 Å². The number of urea groups is 1. The summed E-state index contributed by atoms with van der Waals surface area (Å²) >= 11 is 0. The molecule has 2 amide bonds. The van der Waals surface area contributed by atoms with E-state index in [9.17, 15) is 4.79 Å². The van der Waals surface area contributed by atoms with Gasteiger partial charge in [0.05, 0.1) is 24.3 Å². The highest BCUT2D eigenvalue weighted by Crippen LogP contribution is 2.21. The van der Waals surface area contributed by atoms with Crippen molar-refractivity contribution >= 4 is 11.7 Å². The quantitative estimate of drug-likeness (QED) is 0.796. The van der Waals surface area contributed by atoms with E-state index in [1.165, 1.54) is 0 Å². The number of aromatic amines is 1. The molecule has 2 heterocycles. The molecule has 0 fully saturated rings. The van der Waals surface area contributed by atoms with Crippen LogP contribution in [0.5, 0.6) is 0 Å². The summed E-state index contributed by atoms with van der Waals surface area (Å²) in [5.74, 6) is 0. The molecule has 2 aromatic rings. The molecule has 7 nitrogen and oxygen atoms in total. The monoisotopic (exact) mass is 276 g/mol. The van der Waals surface area contributed by atoms with Gasteiger partial charge in [-0.1, -0.05) is 20.8 Å². The fraction of sp³-hybridized carbons (Fsp3) is 0.462. The van der Waals surface area contributed by atoms with Gasteiger partial charge >= 0.3 is 6.03 Å². The number of rotatable bonds is 4. The molecular weight excluding hydrogens is 256 g/mol. The SMILES string of the molecule is CC(C)(C)C(Cn1ccnc1)NC(=O)Nc1cn[nH]c1. The lowest BCUT2D eigenvalue weighted by Gasteiger charge is -2.31. The van der Waals surface area contributed by atoms with Crippen molar-refractivity contribution in [3.63, 3.8) is 0 Å². The van der Waals surface area contributed by atoms with E-state index in [1.54, 1.807) is 24.9 Å². The Balaban J connectivity index is 1.98. The van der Waals surface area contributed by atoms with Crippen molar-refractivity contribution < 1.29 is 4.79 Å². The Labute approximate surface area is 117 Å². The molecule has 2 rings (SSSR count). The summed E-state index contributed by atoms with van der Waals surface area (Å²) in [5, 5.41) is 12.2. The first kappa shape index (κ1) is 14.1. The third-order valence-electron chi connectivity index (χ3n) is 3.06. The fourth-order valence-corrected chi connectivity index (χ4v) is 1.79. The van der Waals surface area contributed by atoms with Crippen molar-refractivity contribution in [3.8, 4) is 0 Å². The third kappa shape index (κ3) is 3.84. The maximum absolute atomic E-state index is 12.0. The van der Waals surface area contributed by atoms with E-state index in [0.29, 0.717) is 12.2 Å². The van der Waals surface area contributed by atoms with Crippen molar-refractivity contribution in [2.75, 3.05) is 5.32 Å². The van der Waals surface area contributed by atoms with E-state index >= 15 is 0 Å². The Hall–Kier alpha value is -2.31. The van der Waals surface area contributed by atoms with Crippen LogP contribution in [-0.2, 0) is 6.54 Å². The van der Waals surface area contributed by atoms with Gasteiger partial charge in [0.1, 0.15) is 0 Å². The molecular formula is C13H20N6O. The highest BCUT2D eigenvalue weighted by molar-refractivity contribution is 5.89. The second kappa shape index (κ2) is 5.77. The summed E-state index contributed by atoms with van der Waals surface area (Å²) < 4.78 is 1.95. The normalized spacial score (nSPS) is 12.9. The van der Waals surface area contributed by atoms with Gasteiger partial charge in [0.2, 0.25) is 0 Å². The second-order valence-corrected chi connectivity index (χ2v) is 5.76. The van der Waals surface area contributed by atoms with Gasteiger partial charge in [0, 0.05) is 25.1 Å². The number of carbonyl (C=O) groups excluding carboxylic acids is 1. The zero-order chi connectivity index (χ0) is 14.6. The van der Waals surface area contributed by atoms with E-state index in [-0.39, 0.29) is 17.5 Å². The van der Waals surface area contributed by atoms with Gasteiger partial charge in [0.15, 0.2) is 0 Å².